The summed E-state index contributed by atoms with van der Waals surface area (Å²) in [6.07, 6.45) is 7.84. The van der Waals surface area contributed by atoms with Crippen LogP contribution in [0.25, 0.3) is 0 Å². The van der Waals surface area contributed by atoms with E-state index in [-0.39, 0.29) is 23.0 Å². The largest absolute Gasteiger partial charge is 0.508 e. The molecule has 1 amide bonds. The average molecular weight is 261 g/mol. The van der Waals surface area contributed by atoms with Gasteiger partial charge in [-0.25, -0.2) is 0 Å². The standard InChI is InChI=1S/C15H19NO3/c17-12-6-7-14(18)13(10-12)15(19)16-9-8-11-4-2-1-3-5-11/h4,6-7,10,17-18H,1-3,5,8-9H2,(H,16,19). The third-order valence-electron chi connectivity index (χ3n) is 3.34. The Labute approximate surface area is 112 Å². The lowest BCUT2D eigenvalue weighted by atomic mass is 9.97. The average Bonchev–Trinajstić information content (AvgIpc) is 2.42. The van der Waals surface area contributed by atoms with E-state index in [1.54, 1.807) is 0 Å². The van der Waals surface area contributed by atoms with Gasteiger partial charge in [0.15, 0.2) is 0 Å². The molecule has 0 saturated heterocycles. The molecule has 0 radical (unpaired) electrons. The van der Waals surface area contributed by atoms with Gasteiger partial charge in [0.05, 0.1) is 5.56 Å². The van der Waals surface area contributed by atoms with Crippen molar-refractivity contribution in [3.63, 3.8) is 0 Å². The fourth-order valence-corrected chi connectivity index (χ4v) is 2.27. The minimum Gasteiger partial charge on any atom is -0.508 e. The molecule has 3 N–H and O–H groups in total. The number of amides is 1. The van der Waals surface area contributed by atoms with E-state index in [1.165, 1.54) is 36.6 Å². The van der Waals surface area contributed by atoms with Gasteiger partial charge >= 0.3 is 0 Å². The Morgan fingerprint density at radius 2 is 2.11 bits per heavy atom. The number of hydrogen-bond donors (Lipinski definition) is 3. The summed E-state index contributed by atoms with van der Waals surface area (Å²) in [5, 5.41) is 21.6. The van der Waals surface area contributed by atoms with E-state index < -0.39 is 0 Å². The smallest absolute Gasteiger partial charge is 0.255 e. The van der Waals surface area contributed by atoms with Crippen molar-refractivity contribution in [3.8, 4) is 11.5 Å². The quantitative estimate of drug-likeness (QED) is 0.576. The molecule has 0 bridgehead atoms. The van der Waals surface area contributed by atoms with Gasteiger partial charge in [0.25, 0.3) is 5.91 Å². The maximum atomic E-state index is 11.9. The minimum atomic E-state index is -0.357. The first-order valence-corrected chi connectivity index (χ1v) is 6.65. The van der Waals surface area contributed by atoms with E-state index in [1.807, 2.05) is 0 Å². The summed E-state index contributed by atoms with van der Waals surface area (Å²) in [4.78, 5) is 11.9. The van der Waals surface area contributed by atoms with Crippen LogP contribution in [0.5, 0.6) is 11.5 Å². The van der Waals surface area contributed by atoms with E-state index in [4.69, 9.17) is 0 Å². The van der Waals surface area contributed by atoms with Crippen LogP contribution in [0.1, 0.15) is 42.5 Å². The molecule has 1 aliphatic carbocycles. The fourth-order valence-electron chi connectivity index (χ4n) is 2.27. The number of phenols is 2. The highest BCUT2D eigenvalue weighted by molar-refractivity contribution is 5.97. The molecular weight excluding hydrogens is 242 g/mol. The van der Waals surface area contributed by atoms with E-state index in [2.05, 4.69) is 11.4 Å². The van der Waals surface area contributed by atoms with Crippen LogP contribution in [0.4, 0.5) is 0 Å². The molecule has 1 aromatic rings. The lowest BCUT2D eigenvalue weighted by Gasteiger charge is -2.13. The van der Waals surface area contributed by atoms with Gasteiger partial charge < -0.3 is 15.5 Å². The van der Waals surface area contributed by atoms with Gasteiger partial charge in [-0.05, 0) is 50.3 Å². The van der Waals surface area contributed by atoms with Crippen molar-refractivity contribution in [1.29, 1.82) is 0 Å². The monoisotopic (exact) mass is 261 g/mol. The van der Waals surface area contributed by atoms with Gasteiger partial charge in [0, 0.05) is 6.54 Å². The first-order chi connectivity index (χ1) is 9.16. The zero-order chi connectivity index (χ0) is 13.7. The van der Waals surface area contributed by atoms with Crippen molar-refractivity contribution < 1.29 is 15.0 Å². The van der Waals surface area contributed by atoms with Crippen molar-refractivity contribution in [1.82, 2.24) is 5.32 Å². The van der Waals surface area contributed by atoms with E-state index >= 15 is 0 Å². The number of carbonyl (C=O) groups is 1. The molecule has 0 aromatic heterocycles. The number of nitrogens with one attached hydrogen (secondary N) is 1. The normalized spacial score (nSPS) is 14.8. The summed E-state index contributed by atoms with van der Waals surface area (Å²) in [6, 6.07) is 3.93. The molecule has 0 unspecified atom stereocenters. The molecule has 0 aliphatic heterocycles. The Kier molecular flexibility index (Phi) is 4.44. The number of allylic oxidation sites excluding steroid dienone is 1. The zero-order valence-electron chi connectivity index (χ0n) is 10.9. The summed E-state index contributed by atoms with van der Waals surface area (Å²) in [6.45, 7) is 0.555. The Balaban J connectivity index is 1.87. The third-order valence-corrected chi connectivity index (χ3v) is 3.34. The predicted octanol–water partition coefficient (Wildman–Crippen LogP) is 2.72. The number of aromatic hydroxyl groups is 2. The van der Waals surface area contributed by atoms with Crippen molar-refractivity contribution in [3.05, 3.63) is 35.4 Å². The second-order valence-electron chi connectivity index (χ2n) is 4.82. The molecule has 102 valence electrons. The highest BCUT2D eigenvalue weighted by Crippen LogP contribution is 2.22. The van der Waals surface area contributed by atoms with Gasteiger partial charge in [-0.3, -0.25) is 4.79 Å². The van der Waals surface area contributed by atoms with Crippen LogP contribution >= 0.6 is 0 Å². The molecule has 1 aliphatic rings. The SMILES string of the molecule is O=C(NCCC1=CCCCC1)c1cc(O)ccc1O. The van der Waals surface area contributed by atoms with Crippen molar-refractivity contribution in [2.45, 2.75) is 32.1 Å². The highest BCUT2D eigenvalue weighted by atomic mass is 16.3. The lowest BCUT2D eigenvalue weighted by molar-refractivity contribution is 0.0951. The molecule has 0 fully saturated rings. The van der Waals surface area contributed by atoms with E-state index in [9.17, 15) is 15.0 Å². The summed E-state index contributed by atoms with van der Waals surface area (Å²) >= 11 is 0. The zero-order valence-corrected chi connectivity index (χ0v) is 10.9. The molecular formula is C15H19NO3. The van der Waals surface area contributed by atoms with Crippen molar-refractivity contribution in [2.24, 2.45) is 0 Å². The number of benzene rings is 1. The number of carbonyl (C=O) groups excluding carboxylic acids is 1. The van der Waals surface area contributed by atoms with Gasteiger partial charge in [-0.15, -0.1) is 0 Å². The summed E-state index contributed by atoms with van der Waals surface area (Å²) in [7, 11) is 0. The molecule has 0 spiro atoms. The third kappa shape index (κ3) is 3.74. The molecule has 0 heterocycles. The number of rotatable bonds is 4. The first kappa shape index (κ1) is 13.5. The van der Waals surface area contributed by atoms with Crippen LogP contribution in [0.3, 0.4) is 0 Å². The summed E-state index contributed by atoms with van der Waals surface area (Å²) < 4.78 is 0. The van der Waals surface area contributed by atoms with E-state index in [0.717, 1.165) is 19.3 Å². The molecule has 0 atom stereocenters. The van der Waals surface area contributed by atoms with Crippen molar-refractivity contribution >= 4 is 5.91 Å². The Bertz CT molecular complexity index is 494. The van der Waals surface area contributed by atoms with Gasteiger partial charge in [0.1, 0.15) is 11.5 Å². The lowest BCUT2D eigenvalue weighted by Crippen LogP contribution is -2.24. The van der Waals surface area contributed by atoms with Crippen LogP contribution in [-0.2, 0) is 0 Å². The molecule has 19 heavy (non-hydrogen) atoms. The first-order valence-electron chi connectivity index (χ1n) is 6.65. The second-order valence-corrected chi connectivity index (χ2v) is 4.82. The second kappa shape index (κ2) is 6.27. The fraction of sp³-hybridized carbons (Fsp3) is 0.400. The molecule has 0 saturated carbocycles. The molecule has 4 nitrogen and oxygen atoms in total. The van der Waals surface area contributed by atoms with Gasteiger partial charge in [-0.1, -0.05) is 11.6 Å². The number of hydrogen-bond acceptors (Lipinski definition) is 3. The van der Waals surface area contributed by atoms with Gasteiger partial charge in [0.2, 0.25) is 0 Å². The predicted molar refractivity (Wildman–Crippen MR) is 73.3 cm³/mol. The summed E-state index contributed by atoms with van der Waals surface area (Å²) in [5.74, 6) is -0.505. The number of phenolic OH excluding ortho intramolecular Hbond substituents is 2. The molecule has 2 rings (SSSR count). The highest BCUT2D eigenvalue weighted by Gasteiger charge is 2.12. The van der Waals surface area contributed by atoms with Crippen LogP contribution in [-0.4, -0.2) is 22.7 Å². The Hall–Kier alpha value is -1.97. The maximum Gasteiger partial charge on any atom is 0.255 e. The van der Waals surface area contributed by atoms with Crippen molar-refractivity contribution in [2.75, 3.05) is 6.54 Å². The van der Waals surface area contributed by atoms with E-state index in [0.29, 0.717) is 6.54 Å². The van der Waals surface area contributed by atoms with Crippen LogP contribution in [0, 0.1) is 0 Å². The molecule has 1 aromatic carbocycles. The Morgan fingerprint density at radius 3 is 2.84 bits per heavy atom. The minimum absolute atomic E-state index is 0.0297. The van der Waals surface area contributed by atoms with Gasteiger partial charge in [-0.2, -0.15) is 0 Å². The topological polar surface area (TPSA) is 69.6 Å². The van der Waals surface area contributed by atoms with Crippen LogP contribution < -0.4 is 5.32 Å². The maximum absolute atomic E-state index is 11.9. The Morgan fingerprint density at radius 1 is 1.26 bits per heavy atom. The molecule has 4 heteroatoms. The summed E-state index contributed by atoms with van der Waals surface area (Å²) in [5.41, 5.74) is 1.50. The van der Waals surface area contributed by atoms with Crippen LogP contribution in [0.2, 0.25) is 0 Å². The van der Waals surface area contributed by atoms with Crippen LogP contribution in [0.15, 0.2) is 29.8 Å².